The molecule has 0 amide bonds. The zero-order chi connectivity index (χ0) is 12.8. The minimum atomic E-state index is 0.290. The number of rotatable bonds is 1. The molecule has 2 heterocycles. The Bertz CT molecular complexity index is 738. The van der Waals surface area contributed by atoms with Gasteiger partial charge in [0, 0.05) is 10.9 Å². The summed E-state index contributed by atoms with van der Waals surface area (Å²) < 4.78 is 16.7. The van der Waals surface area contributed by atoms with Gasteiger partial charge < -0.3 is 13.9 Å². The molecule has 0 aliphatic carbocycles. The Morgan fingerprint density at radius 3 is 2.58 bits per heavy atom. The van der Waals surface area contributed by atoms with Crippen LogP contribution in [0.5, 0.6) is 11.5 Å². The molecule has 3 heteroatoms. The molecule has 2 aromatic carbocycles. The molecule has 0 bridgehead atoms. The predicted octanol–water partition coefficient (Wildman–Crippen LogP) is 4.14. The van der Waals surface area contributed by atoms with Crippen LogP contribution in [-0.2, 0) is 0 Å². The van der Waals surface area contributed by atoms with E-state index in [-0.39, 0.29) is 0 Å². The van der Waals surface area contributed by atoms with Gasteiger partial charge in [-0.25, -0.2) is 0 Å². The molecule has 3 nitrogen and oxygen atoms in total. The lowest BCUT2D eigenvalue weighted by molar-refractivity contribution is 0.174. The summed E-state index contributed by atoms with van der Waals surface area (Å²) >= 11 is 0. The van der Waals surface area contributed by atoms with Crippen LogP contribution in [0, 0.1) is 6.92 Å². The van der Waals surface area contributed by atoms with Gasteiger partial charge in [0.2, 0.25) is 6.79 Å². The first kappa shape index (κ1) is 10.5. The maximum Gasteiger partial charge on any atom is 0.231 e. The highest BCUT2D eigenvalue weighted by Crippen LogP contribution is 2.39. The van der Waals surface area contributed by atoms with Crippen LogP contribution >= 0.6 is 0 Å². The van der Waals surface area contributed by atoms with Crippen LogP contribution < -0.4 is 9.47 Å². The van der Waals surface area contributed by atoms with E-state index in [0.717, 1.165) is 39.4 Å². The maximum absolute atomic E-state index is 5.90. The number of para-hydroxylation sites is 1. The third-order valence-corrected chi connectivity index (χ3v) is 3.41. The lowest BCUT2D eigenvalue weighted by atomic mass is 10.1. The highest BCUT2D eigenvalue weighted by atomic mass is 16.7. The van der Waals surface area contributed by atoms with Gasteiger partial charge in [0.1, 0.15) is 11.3 Å². The van der Waals surface area contributed by atoms with Crippen LogP contribution in [0.15, 0.2) is 46.9 Å². The van der Waals surface area contributed by atoms with Gasteiger partial charge in [0.05, 0.1) is 0 Å². The Balaban J connectivity index is 1.92. The largest absolute Gasteiger partial charge is 0.456 e. The summed E-state index contributed by atoms with van der Waals surface area (Å²) in [5.74, 6) is 2.44. The van der Waals surface area contributed by atoms with Crippen molar-refractivity contribution in [2.75, 3.05) is 6.79 Å². The van der Waals surface area contributed by atoms with Gasteiger partial charge in [-0.3, -0.25) is 0 Å². The van der Waals surface area contributed by atoms with Crippen molar-refractivity contribution in [2.45, 2.75) is 6.92 Å². The van der Waals surface area contributed by atoms with E-state index in [4.69, 9.17) is 13.9 Å². The average molecular weight is 252 g/mol. The van der Waals surface area contributed by atoms with Gasteiger partial charge in [-0.2, -0.15) is 0 Å². The smallest absolute Gasteiger partial charge is 0.231 e. The molecule has 1 aliphatic rings. The fourth-order valence-electron chi connectivity index (χ4n) is 2.42. The van der Waals surface area contributed by atoms with Gasteiger partial charge in [0.25, 0.3) is 0 Å². The SMILES string of the molecule is Cc1cc2c(cc1-c1cc3ccccc3o1)OCO2. The normalized spacial score (nSPS) is 13.1. The van der Waals surface area contributed by atoms with E-state index in [9.17, 15) is 0 Å². The Morgan fingerprint density at radius 1 is 0.947 bits per heavy atom. The fraction of sp³-hybridized carbons (Fsp3) is 0.125. The van der Waals surface area contributed by atoms with Crippen molar-refractivity contribution >= 4 is 11.0 Å². The lowest BCUT2D eigenvalue weighted by Gasteiger charge is -2.04. The minimum absolute atomic E-state index is 0.290. The second-order valence-electron chi connectivity index (χ2n) is 4.67. The monoisotopic (exact) mass is 252 g/mol. The number of fused-ring (bicyclic) bond motifs is 2. The van der Waals surface area contributed by atoms with E-state index in [2.05, 4.69) is 6.07 Å². The first-order chi connectivity index (χ1) is 9.31. The van der Waals surface area contributed by atoms with Gasteiger partial charge in [-0.05, 0) is 36.8 Å². The van der Waals surface area contributed by atoms with E-state index in [0.29, 0.717) is 6.79 Å². The molecule has 0 radical (unpaired) electrons. The van der Waals surface area contributed by atoms with Crippen LogP contribution in [0.1, 0.15) is 5.56 Å². The number of benzene rings is 2. The van der Waals surface area contributed by atoms with Gasteiger partial charge in [-0.1, -0.05) is 18.2 Å². The van der Waals surface area contributed by atoms with Crippen LogP contribution in [-0.4, -0.2) is 6.79 Å². The minimum Gasteiger partial charge on any atom is -0.456 e. The Labute approximate surface area is 110 Å². The van der Waals surface area contributed by atoms with Crippen LogP contribution in [0.3, 0.4) is 0 Å². The number of aryl methyl sites for hydroxylation is 1. The molecule has 0 fully saturated rings. The zero-order valence-corrected chi connectivity index (χ0v) is 10.5. The van der Waals surface area contributed by atoms with E-state index >= 15 is 0 Å². The fourth-order valence-corrected chi connectivity index (χ4v) is 2.42. The average Bonchev–Trinajstić information content (AvgIpc) is 3.02. The molecule has 3 aromatic rings. The summed E-state index contributed by atoms with van der Waals surface area (Å²) in [6.07, 6.45) is 0. The zero-order valence-electron chi connectivity index (χ0n) is 10.5. The quantitative estimate of drug-likeness (QED) is 0.652. The summed E-state index contributed by atoms with van der Waals surface area (Å²) in [7, 11) is 0. The van der Waals surface area contributed by atoms with Gasteiger partial charge in [0.15, 0.2) is 11.5 Å². The van der Waals surface area contributed by atoms with E-state index in [1.54, 1.807) is 0 Å². The second-order valence-corrected chi connectivity index (χ2v) is 4.67. The molecular formula is C16H12O3. The summed E-state index contributed by atoms with van der Waals surface area (Å²) in [6.45, 7) is 2.34. The number of furan rings is 1. The Morgan fingerprint density at radius 2 is 1.74 bits per heavy atom. The summed E-state index contributed by atoms with van der Waals surface area (Å²) in [4.78, 5) is 0. The molecule has 0 saturated heterocycles. The Hall–Kier alpha value is -2.42. The van der Waals surface area contributed by atoms with Crippen LogP contribution in [0.25, 0.3) is 22.3 Å². The van der Waals surface area contributed by atoms with Crippen molar-refractivity contribution in [2.24, 2.45) is 0 Å². The number of hydrogen-bond donors (Lipinski definition) is 0. The molecule has 1 aromatic heterocycles. The highest BCUT2D eigenvalue weighted by molar-refractivity contribution is 5.83. The topological polar surface area (TPSA) is 31.6 Å². The second kappa shape index (κ2) is 3.79. The van der Waals surface area contributed by atoms with Crippen molar-refractivity contribution < 1.29 is 13.9 Å². The van der Waals surface area contributed by atoms with Crippen molar-refractivity contribution in [1.82, 2.24) is 0 Å². The molecular weight excluding hydrogens is 240 g/mol. The van der Waals surface area contributed by atoms with E-state index < -0.39 is 0 Å². The van der Waals surface area contributed by atoms with Crippen molar-refractivity contribution in [3.63, 3.8) is 0 Å². The molecule has 94 valence electrons. The van der Waals surface area contributed by atoms with E-state index in [1.165, 1.54) is 0 Å². The van der Waals surface area contributed by atoms with Crippen LogP contribution in [0.2, 0.25) is 0 Å². The first-order valence-electron chi connectivity index (χ1n) is 6.20. The molecule has 0 N–H and O–H groups in total. The number of ether oxygens (including phenoxy) is 2. The molecule has 4 rings (SSSR count). The highest BCUT2D eigenvalue weighted by Gasteiger charge is 2.18. The summed E-state index contributed by atoms with van der Waals surface area (Å²) in [5, 5.41) is 1.11. The third kappa shape index (κ3) is 1.58. The standard InChI is InChI=1S/C16H12O3/c1-10-6-15-16(18-9-17-15)8-12(10)14-7-11-4-2-3-5-13(11)19-14/h2-8H,9H2,1H3. The third-order valence-electron chi connectivity index (χ3n) is 3.41. The molecule has 0 saturated carbocycles. The molecule has 0 atom stereocenters. The van der Waals surface area contributed by atoms with Crippen molar-refractivity contribution in [3.05, 3.63) is 48.0 Å². The van der Waals surface area contributed by atoms with Crippen LogP contribution in [0.4, 0.5) is 0 Å². The van der Waals surface area contributed by atoms with Crippen molar-refractivity contribution in [3.8, 4) is 22.8 Å². The molecule has 0 spiro atoms. The first-order valence-corrected chi connectivity index (χ1v) is 6.20. The van der Waals surface area contributed by atoms with Crippen molar-refractivity contribution in [1.29, 1.82) is 0 Å². The summed E-state index contributed by atoms with van der Waals surface area (Å²) in [5.41, 5.74) is 3.05. The van der Waals surface area contributed by atoms with Gasteiger partial charge >= 0.3 is 0 Å². The molecule has 19 heavy (non-hydrogen) atoms. The lowest BCUT2D eigenvalue weighted by Crippen LogP contribution is -1.92. The van der Waals surface area contributed by atoms with Gasteiger partial charge in [-0.15, -0.1) is 0 Å². The Kier molecular flexibility index (Phi) is 2.09. The molecule has 0 unspecified atom stereocenters. The van der Waals surface area contributed by atoms with E-state index in [1.807, 2.05) is 43.3 Å². The predicted molar refractivity (Wildman–Crippen MR) is 72.5 cm³/mol. The molecule has 1 aliphatic heterocycles. The summed E-state index contributed by atoms with van der Waals surface area (Å²) in [6, 6.07) is 14.0. The maximum atomic E-state index is 5.90. The number of hydrogen-bond acceptors (Lipinski definition) is 3.